The molecule has 3 aromatic rings. The van der Waals surface area contributed by atoms with Crippen molar-refractivity contribution in [1.82, 2.24) is 5.32 Å². The second kappa shape index (κ2) is 12.2. The van der Waals surface area contributed by atoms with Crippen LogP contribution in [0.5, 0.6) is 0 Å². The molecule has 1 unspecified atom stereocenters. The molecule has 1 aliphatic carbocycles. The number of hydrogen-bond donors (Lipinski definition) is 3. The second-order valence-electron chi connectivity index (χ2n) is 9.17. The van der Waals surface area contributed by atoms with E-state index < -0.39 is 23.5 Å². The number of carbonyl (C=O) groups is 1. The molecule has 4 rings (SSSR count). The number of hydrogen-bond acceptors (Lipinski definition) is 5. The summed E-state index contributed by atoms with van der Waals surface area (Å²) in [6.07, 6.45) is -2.03. The molecule has 1 amide bonds. The number of rotatable bonds is 9. The highest BCUT2D eigenvalue weighted by Crippen LogP contribution is 2.31. The van der Waals surface area contributed by atoms with Gasteiger partial charge in [0.25, 0.3) is 5.91 Å². The van der Waals surface area contributed by atoms with Gasteiger partial charge in [-0.3, -0.25) is 4.79 Å². The highest BCUT2D eigenvalue weighted by molar-refractivity contribution is 6.47. The van der Waals surface area contributed by atoms with Gasteiger partial charge in [0, 0.05) is 10.7 Å². The summed E-state index contributed by atoms with van der Waals surface area (Å²) in [6.45, 7) is 0.823. The van der Waals surface area contributed by atoms with Crippen LogP contribution in [0.2, 0.25) is 5.02 Å². The number of benzene rings is 3. The zero-order valence-corrected chi connectivity index (χ0v) is 21.4. The molecular formula is C29H25ClF3N5O. The van der Waals surface area contributed by atoms with E-state index in [0.717, 1.165) is 17.7 Å². The van der Waals surface area contributed by atoms with Crippen LogP contribution in [0.4, 0.5) is 24.5 Å². The van der Waals surface area contributed by atoms with E-state index in [1.807, 2.05) is 24.3 Å². The Kier molecular flexibility index (Phi) is 8.69. The van der Waals surface area contributed by atoms with Gasteiger partial charge in [-0.05, 0) is 85.0 Å². The lowest BCUT2D eigenvalue weighted by atomic mass is 9.98. The van der Waals surface area contributed by atoms with Gasteiger partial charge < -0.3 is 16.4 Å². The fourth-order valence-electron chi connectivity index (χ4n) is 3.84. The van der Waals surface area contributed by atoms with Crippen molar-refractivity contribution in [2.75, 3.05) is 11.9 Å². The first-order valence-corrected chi connectivity index (χ1v) is 12.5. The number of amides is 1. The third kappa shape index (κ3) is 7.93. The van der Waals surface area contributed by atoms with Crippen molar-refractivity contribution in [3.63, 3.8) is 0 Å². The first kappa shape index (κ1) is 27.9. The van der Waals surface area contributed by atoms with Crippen molar-refractivity contribution in [2.45, 2.75) is 25.1 Å². The molecule has 0 saturated heterocycles. The molecule has 1 aliphatic rings. The molecule has 0 aromatic heterocycles. The van der Waals surface area contributed by atoms with Crippen molar-refractivity contribution in [1.29, 1.82) is 5.26 Å². The molecule has 0 aliphatic heterocycles. The Balaban J connectivity index is 1.64. The van der Waals surface area contributed by atoms with Crippen molar-refractivity contribution < 1.29 is 18.0 Å². The van der Waals surface area contributed by atoms with E-state index in [4.69, 9.17) is 22.6 Å². The van der Waals surface area contributed by atoms with Crippen LogP contribution in [0.25, 0.3) is 0 Å². The van der Waals surface area contributed by atoms with Crippen molar-refractivity contribution in [3.05, 3.63) is 106 Å². The Hall–Kier alpha value is -4.13. The number of nitrogens with two attached hydrogens (primary N) is 1. The molecule has 0 radical (unpaired) electrons. The van der Waals surface area contributed by atoms with Gasteiger partial charge in [0.2, 0.25) is 0 Å². The molecule has 1 atom stereocenters. The normalized spacial score (nSPS) is 14.9. The van der Waals surface area contributed by atoms with Gasteiger partial charge in [-0.1, -0.05) is 41.9 Å². The average molecular weight is 552 g/mol. The fourth-order valence-corrected chi connectivity index (χ4v) is 3.97. The SMILES string of the molecule is N#Cc1cccc(N=C(C=C(N)C(F)(F)F)C(=O)Nc2cccc(C(NCC3CC3)c3ccc(Cl)cc3)c2)c1. The number of nitriles is 1. The Morgan fingerprint density at radius 2 is 1.82 bits per heavy atom. The Morgan fingerprint density at radius 1 is 1.10 bits per heavy atom. The average Bonchev–Trinajstić information content (AvgIpc) is 3.74. The zero-order chi connectivity index (χ0) is 28.0. The van der Waals surface area contributed by atoms with E-state index >= 15 is 0 Å². The molecule has 3 aromatic carbocycles. The molecule has 0 bridgehead atoms. The van der Waals surface area contributed by atoms with E-state index in [9.17, 15) is 18.0 Å². The van der Waals surface area contributed by atoms with Crippen LogP contribution in [-0.2, 0) is 4.79 Å². The summed E-state index contributed by atoms with van der Waals surface area (Å²) >= 11 is 6.07. The van der Waals surface area contributed by atoms with Crippen LogP contribution in [0, 0.1) is 17.2 Å². The molecule has 6 nitrogen and oxygen atoms in total. The van der Waals surface area contributed by atoms with E-state index in [1.54, 1.807) is 30.3 Å². The van der Waals surface area contributed by atoms with Crippen molar-refractivity contribution >= 4 is 34.6 Å². The summed E-state index contributed by atoms with van der Waals surface area (Å²) in [6, 6.07) is 22.1. The minimum Gasteiger partial charge on any atom is -0.395 e. The standard InChI is InChI=1S/C29H25ClF3N5O/c30-22-11-9-20(10-12-22)27(36-17-18-7-8-18)21-4-2-6-24(14-21)38-28(39)25(15-26(35)29(31,32)33)37-23-5-1-3-19(13-23)16-34/h1-6,9-15,18,27,36H,7-8,17,35H2,(H,38,39). The van der Waals surface area contributed by atoms with Gasteiger partial charge in [0.15, 0.2) is 0 Å². The highest BCUT2D eigenvalue weighted by Gasteiger charge is 2.32. The van der Waals surface area contributed by atoms with Crippen molar-refractivity contribution in [2.24, 2.45) is 16.6 Å². The predicted octanol–water partition coefficient (Wildman–Crippen LogP) is 6.42. The third-order valence-electron chi connectivity index (χ3n) is 6.07. The number of nitrogens with zero attached hydrogens (tertiary/aromatic N) is 2. The zero-order valence-electron chi connectivity index (χ0n) is 20.7. The van der Waals surface area contributed by atoms with E-state index in [0.29, 0.717) is 22.7 Å². The molecule has 0 spiro atoms. The number of alkyl halides is 3. The van der Waals surface area contributed by atoms with Gasteiger partial charge in [0.05, 0.1) is 23.4 Å². The van der Waals surface area contributed by atoms with Crippen LogP contribution >= 0.6 is 11.6 Å². The quantitative estimate of drug-likeness (QED) is 0.267. The first-order valence-electron chi connectivity index (χ1n) is 12.2. The molecule has 39 heavy (non-hydrogen) atoms. The lowest BCUT2D eigenvalue weighted by molar-refractivity contribution is -0.110. The van der Waals surface area contributed by atoms with Crippen LogP contribution in [-0.4, -0.2) is 24.3 Å². The summed E-state index contributed by atoms with van der Waals surface area (Å²) in [5, 5.41) is 15.9. The van der Waals surface area contributed by atoms with Gasteiger partial charge in [0.1, 0.15) is 11.4 Å². The van der Waals surface area contributed by atoms with Gasteiger partial charge >= 0.3 is 6.18 Å². The number of aliphatic imine (C=N–C) groups is 1. The van der Waals surface area contributed by atoms with E-state index in [-0.39, 0.29) is 17.3 Å². The van der Waals surface area contributed by atoms with Crippen LogP contribution in [0.1, 0.15) is 35.6 Å². The van der Waals surface area contributed by atoms with Gasteiger partial charge in [-0.2, -0.15) is 18.4 Å². The number of halogens is 4. The molecule has 0 heterocycles. The van der Waals surface area contributed by atoms with Crippen LogP contribution < -0.4 is 16.4 Å². The summed E-state index contributed by atoms with van der Waals surface area (Å²) < 4.78 is 39.5. The smallest absolute Gasteiger partial charge is 0.395 e. The molecular weight excluding hydrogens is 527 g/mol. The summed E-state index contributed by atoms with van der Waals surface area (Å²) in [4.78, 5) is 17.2. The lowest BCUT2D eigenvalue weighted by Gasteiger charge is -2.21. The number of carbonyl (C=O) groups excluding carboxylic acids is 1. The first-order chi connectivity index (χ1) is 18.6. The summed E-state index contributed by atoms with van der Waals surface area (Å²) in [7, 11) is 0. The van der Waals surface area contributed by atoms with Crippen LogP contribution in [0.3, 0.4) is 0 Å². The van der Waals surface area contributed by atoms with Crippen LogP contribution in [0.15, 0.2) is 89.6 Å². The minimum absolute atomic E-state index is 0.131. The van der Waals surface area contributed by atoms with Gasteiger partial charge in [-0.15, -0.1) is 0 Å². The predicted molar refractivity (Wildman–Crippen MR) is 146 cm³/mol. The van der Waals surface area contributed by atoms with E-state index in [1.165, 1.54) is 37.1 Å². The number of allylic oxidation sites excluding steroid dienone is 1. The maximum absolute atomic E-state index is 13.2. The molecule has 10 heteroatoms. The number of anilines is 1. The van der Waals surface area contributed by atoms with E-state index in [2.05, 4.69) is 15.6 Å². The Labute approximate surface area is 229 Å². The maximum Gasteiger partial charge on any atom is 0.430 e. The lowest BCUT2D eigenvalue weighted by Crippen LogP contribution is -2.27. The second-order valence-corrected chi connectivity index (χ2v) is 9.61. The summed E-state index contributed by atoms with van der Waals surface area (Å²) in [5.74, 6) is -0.275. The fraction of sp³-hybridized carbons (Fsp3) is 0.207. The Morgan fingerprint density at radius 3 is 2.49 bits per heavy atom. The molecule has 1 fully saturated rings. The molecule has 200 valence electrons. The third-order valence-corrected chi connectivity index (χ3v) is 6.32. The van der Waals surface area contributed by atoms with Gasteiger partial charge in [-0.25, -0.2) is 4.99 Å². The molecule has 1 saturated carbocycles. The maximum atomic E-state index is 13.2. The number of nitrogens with one attached hydrogen (secondary N) is 2. The summed E-state index contributed by atoms with van der Waals surface area (Å²) in [5.41, 5.74) is 5.72. The monoisotopic (exact) mass is 551 g/mol. The topological polar surface area (TPSA) is 103 Å². The largest absolute Gasteiger partial charge is 0.430 e. The van der Waals surface area contributed by atoms with Crippen molar-refractivity contribution in [3.8, 4) is 6.07 Å². The minimum atomic E-state index is -4.85. The molecule has 4 N–H and O–H groups in total. The highest BCUT2D eigenvalue weighted by atomic mass is 35.5. The Bertz CT molecular complexity index is 1440.